The van der Waals surface area contributed by atoms with Crippen LogP contribution in [0.3, 0.4) is 0 Å². The maximum atomic E-state index is 12.6. The summed E-state index contributed by atoms with van der Waals surface area (Å²) in [5.41, 5.74) is 1.10. The van der Waals surface area contributed by atoms with E-state index in [1.807, 2.05) is 11.8 Å². The normalized spacial score (nSPS) is 11.1. The van der Waals surface area contributed by atoms with Crippen LogP contribution < -0.4 is 9.62 Å². The number of benzene rings is 2. The standard InChI is InChI=1S/C20H24N2O5S.C2HF3O2/c1-4-5-12-22(3)19-11-8-16(13-18(19)20(24)25)21-28(26,27)17-9-6-15(7-10-17)14(2)23;3-2(4,5)1(6)7/h6-11,13,21H,4-5,12H2,1-3H3,(H,24,25);(H,6,7). The van der Waals surface area contributed by atoms with E-state index in [0.29, 0.717) is 17.8 Å². The van der Waals surface area contributed by atoms with Crippen LogP contribution in [0, 0.1) is 0 Å². The number of aliphatic carboxylic acids is 1. The lowest BCUT2D eigenvalue weighted by molar-refractivity contribution is -0.192. The Balaban J connectivity index is 0.000000762. The Morgan fingerprint density at radius 2 is 1.57 bits per heavy atom. The number of carbonyl (C=O) groups excluding carboxylic acids is 1. The van der Waals surface area contributed by atoms with Gasteiger partial charge in [0.15, 0.2) is 5.78 Å². The molecule has 35 heavy (non-hydrogen) atoms. The van der Waals surface area contributed by atoms with Crippen molar-refractivity contribution >= 4 is 39.1 Å². The van der Waals surface area contributed by atoms with Crippen molar-refractivity contribution in [1.82, 2.24) is 0 Å². The first-order valence-corrected chi connectivity index (χ1v) is 11.6. The molecule has 0 aromatic heterocycles. The second kappa shape index (κ2) is 12.2. The highest BCUT2D eigenvalue weighted by Crippen LogP contribution is 2.26. The van der Waals surface area contributed by atoms with Crippen molar-refractivity contribution in [3.05, 3.63) is 53.6 Å². The molecule has 0 heterocycles. The number of nitrogens with zero attached hydrogens (tertiary/aromatic N) is 1. The number of ketones is 1. The zero-order valence-electron chi connectivity index (χ0n) is 19.1. The van der Waals surface area contributed by atoms with Crippen LogP contribution in [0.4, 0.5) is 24.5 Å². The number of nitrogens with one attached hydrogen (secondary N) is 1. The average molecular weight is 519 g/mol. The quantitative estimate of drug-likeness (QED) is 0.418. The summed E-state index contributed by atoms with van der Waals surface area (Å²) in [4.78, 5) is 33.7. The Kier molecular flexibility index (Phi) is 10.3. The highest BCUT2D eigenvalue weighted by Gasteiger charge is 2.38. The summed E-state index contributed by atoms with van der Waals surface area (Å²) in [6.07, 6.45) is -3.19. The van der Waals surface area contributed by atoms with Gasteiger partial charge in [0, 0.05) is 24.8 Å². The zero-order chi connectivity index (χ0) is 27.0. The molecule has 0 unspecified atom stereocenters. The van der Waals surface area contributed by atoms with Crippen molar-refractivity contribution in [2.24, 2.45) is 0 Å². The van der Waals surface area contributed by atoms with Crippen LogP contribution in [-0.2, 0) is 14.8 Å². The highest BCUT2D eigenvalue weighted by atomic mass is 32.2. The number of anilines is 2. The van der Waals surface area contributed by atoms with Crippen LogP contribution >= 0.6 is 0 Å². The summed E-state index contributed by atoms with van der Waals surface area (Å²) in [5.74, 6) is -4.05. The van der Waals surface area contributed by atoms with Gasteiger partial charge in [-0.3, -0.25) is 9.52 Å². The average Bonchev–Trinajstić information content (AvgIpc) is 2.77. The fraction of sp³-hybridized carbons (Fsp3) is 0.318. The van der Waals surface area contributed by atoms with E-state index in [0.717, 1.165) is 12.8 Å². The second-order valence-electron chi connectivity index (χ2n) is 7.30. The number of carboxylic acid groups (broad SMARTS) is 2. The van der Waals surface area contributed by atoms with E-state index >= 15 is 0 Å². The topological polar surface area (TPSA) is 141 Å². The van der Waals surface area contributed by atoms with Crippen molar-refractivity contribution < 1.29 is 46.2 Å². The summed E-state index contributed by atoms with van der Waals surface area (Å²) >= 11 is 0. The lowest BCUT2D eigenvalue weighted by atomic mass is 10.1. The molecular formula is C22H25F3N2O7S. The van der Waals surface area contributed by atoms with Crippen LogP contribution in [0.25, 0.3) is 0 Å². The van der Waals surface area contributed by atoms with Gasteiger partial charge in [-0.05, 0) is 43.7 Å². The molecule has 3 N–H and O–H groups in total. The molecule has 0 radical (unpaired) electrons. The summed E-state index contributed by atoms with van der Waals surface area (Å²) in [6, 6.07) is 9.98. The van der Waals surface area contributed by atoms with Crippen LogP contribution in [0.1, 0.15) is 47.4 Å². The van der Waals surface area contributed by atoms with Gasteiger partial charge in [-0.2, -0.15) is 13.2 Å². The number of aromatic carboxylic acids is 1. The molecule has 9 nitrogen and oxygen atoms in total. The Hall–Kier alpha value is -3.61. The third-order valence-electron chi connectivity index (χ3n) is 4.55. The van der Waals surface area contributed by atoms with E-state index in [4.69, 9.17) is 9.90 Å². The number of hydrogen-bond acceptors (Lipinski definition) is 6. The van der Waals surface area contributed by atoms with Crippen molar-refractivity contribution in [3.8, 4) is 0 Å². The van der Waals surface area contributed by atoms with Gasteiger partial charge >= 0.3 is 18.1 Å². The van der Waals surface area contributed by atoms with E-state index in [-0.39, 0.29) is 21.9 Å². The maximum absolute atomic E-state index is 12.6. The van der Waals surface area contributed by atoms with Gasteiger partial charge in [-0.25, -0.2) is 18.0 Å². The predicted octanol–water partition coefficient (Wildman–Crippen LogP) is 4.26. The Bertz CT molecular complexity index is 1160. The molecule has 13 heteroatoms. The van der Waals surface area contributed by atoms with Gasteiger partial charge in [-0.15, -0.1) is 0 Å². The van der Waals surface area contributed by atoms with Crippen LogP contribution in [0.15, 0.2) is 47.4 Å². The monoisotopic (exact) mass is 518 g/mol. The third-order valence-corrected chi connectivity index (χ3v) is 5.95. The van der Waals surface area contributed by atoms with E-state index in [1.54, 1.807) is 13.1 Å². The molecule has 0 aliphatic carbocycles. The van der Waals surface area contributed by atoms with Gasteiger partial charge in [-0.1, -0.05) is 25.5 Å². The molecule has 0 aliphatic rings. The number of unbranched alkanes of at least 4 members (excludes halogenated alkanes) is 1. The molecule has 0 amide bonds. The number of carboxylic acids is 2. The van der Waals surface area contributed by atoms with Gasteiger partial charge in [0.1, 0.15) is 0 Å². The lowest BCUT2D eigenvalue weighted by Gasteiger charge is -2.21. The molecule has 192 valence electrons. The Morgan fingerprint density at radius 1 is 1.03 bits per heavy atom. The van der Waals surface area contributed by atoms with E-state index in [2.05, 4.69) is 4.72 Å². The summed E-state index contributed by atoms with van der Waals surface area (Å²) in [6.45, 7) is 4.14. The van der Waals surface area contributed by atoms with Crippen molar-refractivity contribution in [2.45, 2.75) is 37.8 Å². The summed E-state index contributed by atoms with van der Waals surface area (Å²) in [5, 5.41) is 16.7. The van der Waals surface area contributed by atoms with Crippen molar-refractivity contribution in [1.29, 1.82) is 0 Å². The third kappa shape index (κ3) is 8.92. The Morgan fingerprint density at radius 3 is 2.00 bits per heavy atom. The molecule has 0 saturated heterocycles. The fourth-order valence-corrected chi connectivity index (χ4v) is 3.75. The first kappa shape index (κ1) is 29.4. The van der Waals surface area contributed by atoms with Gasteiger partial charge in [0.25, 0.3) is 10.0 Å². The predicted molar refractivity (Wildman–Crippen MR) is 123 cm³/mol. The molecule has 2 rings (SSSR count). The molecule has 0 aliphatic heterocycles. The zero-order valence-corrected chi connectivity index (χ0v) is 19.9. The number of halogens is 3. The Labute approximate surface area is 200 Å². The van der Waals surface area contributed by atoms with Crippen LogP contribution in [0.5, 0.6) is 0 Å². The first-order chi connectivity index (χ1) is 16.1. The van der Waals surface area contributed by atoms with Crippen LogP contribution in [0.2, 0.25) is 0 Å². The summed E-state index contributed by atoms with van der Waals surface area (Å²) in [7, 11) is -2.11. The first-order valence-electron chi connectivity index (χ1n) is 10.1. The minimum Gasteiger partial charge on any atom is -0.478 e. The van der Waals surface area contributed by atoms with Crippen LogP contribution in [-0.4, -0.2) is 56.1 Å². The summed E-state index contributed by atoms with van der Waals surface area (Å²) < 4.78 is 59.3. The number of Topliss-reactive ketones (excluding diaryl/α,β-unsaturated/α-hetero) is 1. The molecule has 0 saturated carbocycles. The van der Waals surface area contributed by atoms with E-state index in [1.165, 1.54) is 43.3 Å². The van der Waals surface area contributed by atoms with Gasteiger partial charge in [0.2, 0.25) is 0 Å². The molecular weight excluding hydrogens is 493 g/mol. The van der Waals surface area contributed by atoms with Crippen molar-refractivity contribution in [3.63, 3.8) is 0 Å². The number of alkyl halides is 3. The highest BCUT2D eigenvalue weighted by molar-refractivity contribution is 7.92. The smallest absolute Gasteiger partial charge is 0.478 e. The molecule has 0 fully saturated rings. The van der Waals surface area contributed by atoms with E-state index in [9.17, 15) is 36.3 Å². The lowest BCUT2D eigenvalue weighted by Crippen LogP contribution is -2.21. The number of hydrogen-bond donors (Lipinski definition) is 3. The number of carbonyl (C=O) groups is 3. The van der Waals surface area contributed by atoms with E-state index < -0.39 is 28.1 Å². The van der Waals surface area contributed by atoms with Gasteiger partial charge in [0.05, 0.1) is 16.1 Å². The largest absolute Gasteiger partial charge is 0.490 e. The second-order valence-corrected chi connectivity index (χ2v) is 8.98. The number of rotatable bonds is 9. The molecule has 2 aromatic carbocycles. The van der Waals surface area contributed by atoms with Crippen molar-refractivity contribution in [2.75, 3.05) is 23.2 Å². The molecule has 2 aromatic rings. The minimum absolute atomic E-state index is 0.0153. The SMILES string of the molecule is CCCCN(C)c1ccc(NS(=O)(=O)c2ccc(C(C)=O)cc2)cc1C(=O)O.O=C(O)C(F)(F)F. The van der Waals surface area contributed by atoms with Gasteiger partial charge < -0.3 is 15.1 Å². The fourth-order valence-electron chi connectivity index (χ4n) is 2.70. The minimum atomic E-state index is -5.08. The maximum Gasteiger partial charge on any atom is 0.490 e. The number of sulfonamides is 1. The molecule has 0 atom stereocenters. The molecule has 0 spiro atoms. The molecule has 0 bridgehead atoms.